The molecule has 1 aliphatic rings. The van der Waals surface area contributed by atoms with Crippen molar-refractivity contribution in [3.05, 3.63) is 0 Å². The van der Waals surface area contributed by atoms with Crippen LogP contribution in [0.3, 0.4) is 0 Å². The molecule has 12 heteroatoms. The molecule has 1 heterocycles. The Balaban J connectivity index is 2.31. The van der Waals surface area contributed by atoms with Crippen LogP contribution in [0.15, 0.2) is 0 Å². The van der Waals surface area contributed by atoms with E-state index in [4.69, 9.17) is 9.11 Å². The second-order valence-corrected chi connectivity index (χ2v) is 8.40. The largest absolute Gasteiger partial charge is 0.391 e. The van der Waals surface area contributed by atoms with Gasteiger partial charge in [0.1, 0.15) is 11.5 Å². The van der Waals surface area contributed by atoms with Gasteiger partial charge in [0.25, 0.3) is 20.2 Å². The summed E-state index contributed by atoms with van der Waals surface area (Å²) < 4.78 is 59.8. The molecule has 0 aliphatic carbocycles. The zero-order valence-electron chi connectivity index (χ0n) is 11.9. The lowest BCUT2D eigenvalue weighted by atomic mass is 10.2. The van der Waals surface area contributed by atoms with Crippen LogP contribution in [0.1, 0.15) is 0 Å². The molecule has 1 saturated heterocycles. The lowest BCUT2D eigenvalue weighted by Gasteiger charge is -2.36. The summed E-state index contributed by atoms with van der Waals surface area (Å²) in [7, 11) is -8.44. The van der Waals surface area contributed by atoms with Gasteiger partial charge in [-0.15, -0.1) is 0 Å². The van der Waals surface area contributed by atoms with Gasteiger partial charge in [-0.2, -0.15) is 16.8 Å². The highest BCUT2D eigenvalue weighted by Gasteiger charge is 2.24. The molecule has 0 amide bonds. The Hall–Kier alpha value is -0.340. The first-order valence-electron chi connectivity index (χ1n) is 6.66. The van der Waals surface area contributed by atoms with Gasteiger partial charge in [-0.3, -0.25) is 18.9 Å². The third-order valence-electron chi connectivity index (χ3n) is 3.21. The predicted octanol–water partition coefficient (Wildman–Crippen LogP) is -2.90. The van der Waals surface area contributed by atoms with Crippen molar-refractivity contribution < 1.29 is 36.2 Å². The minimum atomic E-state index is -4.22. The molecule has 2 atom stereocenters. The minimum Gasteiger partial charge on any atom is -0.391 e. The monoisotopic (exact) mass is 362 g/mol. The van der Waals surface area contributed by atoms with Crippen molar-refractivity contribution in [2.45, 2.75) is 12.2 Å². The lowest BCUT2D eigenvalue weighted by Crippen LogP contribution is -2.51. The molecule has 0 aromatic carbocycles. The molecule has 0 bridgehead atoms. The van der Waals surface area contributed by atoms with E-state index in [2.05, 4.69) is 0 Å². The van der Waals surface area contributed by atoms with Crippen LogP contribution < -0.4 is 0 Å². The van der Waals surface area contributed by atoms with Crippen LogP contribution in [0, 0.1) is 0 Å². The van der Waals surface area contributed by atoms with Gasteiger partial charge in [-0.25, -0.2) is 0 Å². The molecule has 0 spiro atoms. The van der Waals surface area contributed by atoms with Crippen LogP contribution in [0.5, 0.6) is 0 Å². The van der Waals surface area contributed by atoms with Crippen molar-refractivity contribution in [3.63, 3.8) is 0 Å². The van der Waals surface area contributed by atoms with Gasteiger partial charge < -0.3 is 10.2 Å². The van der Waals surface area contributed by atoms with E-state index in [0.29, 0.717) is 26.2 Å². The fraction of sp³-hybridized carbons (Fsp3) is 1.00. The zero-order chi connectivity index (χ0) is 17.0. The van der Waals surface area contributed by atoms with Gasteiger partial charge in [0.15, 0.2) is 0 Å². The highest BCUT2D eigenvalue weighted by atomic mass is 32.2. The van der Waals surface area contributed by atoms with Gasteiger partial charge in [0.05, 0.1) is 12.2 Å². The Bertz CT molecular complexity index is 491. The summed E-state index contributed by atoms with van der Waals surface area (Å²) >= 11 is 0. The summed E-state index contributed by atoms with van der Waals surface area (Å²) in [6.45, 7) is 2.20. The number of piperazine rings is 1. The molecule has 1 fully saturated rings. The topological polar surface area (TPSA) is 156 Å². The van der Waals surface area contributed by atoms with E-state index in [1.54, 1.807) is 0 Å². The molecular formula is C10H22N2O8S2. The average molecular weight is 362 g/mol. The Morgan fingerprint density at radius 2 is 1.00 bits per heavy atom. The number of aliphatic hydroxyl groups is 2. The number of β-amino-alcohol motifs (C(OH)–C–C–N with tert-alkyl or cyclic N) is 2. The molecule has 0 radical (unpaired) electrons. The summed E-state index contributed by atoms with van der Waals surface area (Å²) in [6, 6.07) is 0. The predicted molar refractivity (Wildman–Crippen MR) is 77.7 cm³/mol. The highest BCUT2D eigenvalue weighted by Crippen LogP contribution is 2.05. The Morgan fingerprint density at radius 1 is 0.727 bits per heavy atom. The summed E-state index contributed by atoms with van der Waals surface area (Å²) in [5.74, 6) is -1.44. The van der Waals surface area contributed by atoms with Crippen molar-refractivity contribution in [2.24, 2.45) is 0 Å². The van der Waals surface area contributed by atoms with E-state index in [-0.39, 0.29) is 13.1 Å². The number of hydrogen-bond acceptors (Lipinski definition) is 8. The molecule has 0 unspecified atom stereocenters. The summed E-state index contributed by atoms with van der Waals surface area (Å²) in [4.78, 5) is 3.61. The second kappa shape index (κ2) is 7.97. The highest BCUT2D eigenvalue weighted by molar-refractivity contribution is 7.86. The van der Waals surface area contributed by atoms with Crippen LogP contribution in [0.25, 0.3) is 0 Å². The fourth-order valence-electron chi connectivity index (χ4n) is 2.34. The van der Waals surface area contributed by atoms with Crippen molar-refractivity contribution in [3.8, 4) is 0 Å². The van der Waals surface area contributed by atoms with E-state index < -0.39 is 43.9 Å². The van der Waals surface area contributed by atoms with Crippen LogP contribution in [-0.4, -0.2) is 109 Å². The van der Waals surface area contributed by atoms with Crippen LogP contribution in [0.2, 0.25) is 0 Å². The second-order valence-electron chi connectivity index (χ2n) is 5.41. The molecule has 0 saturated carbocycles. The van der Waals surface area contributed by atoms with Gasteiger partial charge in [-0.05, 0) is 0 Å². The maximum atomic E-state index is 10.6. The quantitative estimate of drug-likeness (QED) is 0.330. The molecule has 0 aromatic heterocycles. The van der Waals surface area contributed by atoms with E-state index in [1.165, 1.54) is 0 Å². The smallest absolute Gasteiger partial charge is 0.267 e. The van der Waals surface area contributed by atoms with Gasteiger partial charge in [0, 0.05) is 39.3 Å². The minimum absolute atomic E-state index is 0.0984. The molecule has 132 valence electrons. The third kappa shape index (κ3) is 8.95. The summed E-state index contributed by atoms with van der Waals surface area (Å²) in [5.41, 5.74) is 0. The molecule has 1 rings (SSSR count). The van der Waals surface area contributed by atoms with Crippen LogP contribution in [0.4, 0.5) is 0 Å². The van der Waals surface area contributed by atoms with E-state index >= 15 is 0 Å². The number of rotatable bonds is 8. The standard InChI is InChI=1S/C10H22N2O8S2/c13-9(7-21(15,16)17)5-11-1-2-12(4-3-11)6-10(14)8-22(18,19)20/h9-10,13-14H,1-8H2,(H,15,16,17)(H,18,19,20)/t9-,10-/m0/s1. The van der Waals surface area contributed by atoms with Gasteiger partial charge >= 0.3 is 0 Å². The molecule has 10 nitrogen and oxygen atoms in total. The Labute approximate surface area is 129 Å². The normalized spacial score (nSPS) is 21.6. The SMILES string of the molecule is O=S(=O)(O)C[C@@H](O)CN1CCN(C[C@H](O)CS(=O)(=O)O)CC1. The zero-order valence-corrected chi connectivity index (χ0v) is 13.6. The van der Waals surface area contributed by atoms with Crippen molar-refractivity contribution in [1.82, 2.24) is 9.80 Å². The number of nitrogens with zero attached hydrogens (tertiary/aromatic N) is 2. The Morgan fingerprint density at radius 3 is 1.23 bits per heavy atom. The van der Waals surface area contributed by atoms with Crippen LogP contribution in [-0.2, 0) is 20.2 Å². The molecule has 4 N–H and O–H groups in total. The first kappa shape index (κ1) is 19.7. The molecule has 22 heavy (non-hydrogen) atoms. The first-order valence-corrected chi connectivity index (χ1v) is 9.87. The van der Waals surface area contributed by atoms with Crippen molar-refractivity contribution in [2.75, 3.05) is 50.8 Å². The van der Waals surface area contributed by atoms with Crippen molar-refractivity contribution in [1.29, 1.82) is 0 Å². The fourth-order valence-corrected chi connectivity index (χ4v) is 3.53. The lowest BCUT2D eigenvalue weighted by molar-refractivity contribution is 0.0583. The van der Waals surface area contributed by atoms with E-state index in [9.17, 15) is 27.0 Å². The maximum absolute atomic E-state index is 10.6. The number of aliphatic hydroxyl groups excluding tert-OH is 2. The van der Waals surface area contributed by atoms with E-state index in [0.717, 1.165) is 0 Å². The van der Waals surface area contributed by atoms with Crippen molar-refractivity contribution >= 4 is 20.2 Å². The van der Waals surface area contributed by atoms with Crippen LogP contribution >= 0.6 is 0 Å². The summed E-state index contributed by atoms with van der Waals surface area (Å²) in [6.07, 6.45) is -2.38. The van der Waals surface area contributed by atoms with Gasteiger partial charge in [-0.1, -0.05) is 0 Å². The summed E-state index contributed by atoms with van der Waals surface area (Å²) in [5, 5.41) is 19.1. The molecule has 0 aromatic rings. The van der Waals surface area contributed by atoms with E-state index in [1.807, 2.05) is 9.80 Å². The molecular weight excluding hydrogens is 340 g/mol. The average Bonchev–Trinajstić information content (AvgIpc) is 2.26. The van der Waals surface area contributed by atoms with Gasteiger partial charge in [0.2, 0.25) is 0 Å². The third-order valence-corrected chi connectivity index (χ3v) is 4.82. The number of hydrogen-bond donors (Lipinski definition) is 4. The maximum Gasteiger partial charge on any atom is 0.267 e. The Kier molecular flexibility index (Phi) is 7.14. The first-order chi connectivity index (χ1) is 9.94. The molecule has 1 aliphatic heterocycles.